The molecule has 2 rings (SSSR count). The van der Waals surface area contributed by atoms with E-state index in [4.69, 9.17) is 0 Å². The minimum Gasteiger partial charge on any atom is -0.344 e. The van der Waals surface area contributed by atoms with Crippen LogP contribution in [0.1, 0.15) is 30.3 Å². The van der Waals surface area contributed by atoms with E-state index in [1.165, 1.54) is 0 Å². The third-order valence-corrected chi connectivity index (χ3v) is 3.80. The summed E-state index contributed by atoms with van der Waals surface area (Å²) in [6.07, 6.45) is 4.61. The van der Waals surface area contributed by atoms with Crippen LogP contribution in [0.2, 0.25) is 0 Å². The molecule has 0 spiro atoms. The largest absolute Gasteiger partial charge is 0.344 e. The van der Waals surface area contributed by atoms with Crippen molar-refractivity contribution in [2.75, 3.05) is 44.7 Å². The molecule has 0 N–H and O–H groups in total. The number of anilines is 1. The van der Waals surface area contributed by atoms with Gasteiger partial charge in [0.05, 0.1) is 0 Å². The van der Waals surface area contributed by atoms with Gasteiger partial charge in [-0.05, 0) is 12.5 Å². The molecular weight excluding hydrogens is 282 g/mol. The van der Waals surface area contributed by atoms with E-state index in [0.29, 0.717) is 37.8 Å². The average molecular weight is 305 g/mol. The zero-order chi connectivity index (χ0) is 15.9. The molecule has 120 valence electrons. The van der Waals surface area contributed by atoms with Gasteiger partial charge in [-0.25, -0.2) is 9.97 Å². The fraction of sp³-hybridized carbons (Fsp3) is 0.600. The van der Waals surface area contributed by atoms with Crippen LogP contribution in [0.3, 0.4) is 0 Å². The summed E-state index contributed by atoms with van der Waals surface area (Å²) in [6, 6.07) is 1.64. The zero-order valence-corrected chi connectivity index (χ0v) is 13.2. The van der Waals surface area contributed by atoms with Gasteiger partial charge in [-0.2, -0.15) is 0 Å². The van der Waals surface area contributed by atoms with E-state index in [1.807, 2.05) is 11.9 Å². The van der Waals surface area contributed by atoms with Crippen LogP contribution in [0, 0.1) is 0 Å². The van der Waals surface area contributed by atoms with Gasteiger partial charge in [0.25, 0.3) is 5.91 Å². The molecule has 7 nitrogen and oxygen atoms in total. The fourth-order valence-corrected chi connectivity index (χ4v) is 2.34. The van der Waals surface area contributed by atoms with Crippen LogP contribution in [0.4, 0.5) is 5.95 Å². The number of amides is 2. The van der Waals surface area contributed by atoms with Gasteiger partial charge in [-0.15, -0.1) is 0 Å². The van der Waals surface area contributed by atoms with Crippen LogP contribution in [0.15, 0.2) is 12.3 Å². The first kappa shape index (κ1) is 16.2. The molecule has 0 aliphatic carbocycles. The monoisotopic (exact) mass is 305 g/mol. The van der Waals surface area contributed by atoms with Crippen LogP contribution in [-0.2, 0) is 4.79 Å². The first-order valence-corrected chi connectivity index (χ1v) is 7.68. The maximum atomic E-state index is 12.5. The van der Waals surface area contributed by atoms with Crippen molar-refractivity contribution in [1.29, 1.82) is 0 Å². The molecule has 0 bridgehead atoms. The summed E-state index contributed by atoms with van der Waals surface area (Å²) in [5.41, 5.74) is 0.410. The molecule has 1 aromatic rings. The number of rotatable bonds is 6. The molecule has 0 unspecified atom stereocenters. The Kier molecular flexibility index (Phi) is 5.68. The fourth-order valence-electron chi connectivity index (χ4n) is 2.34. The summed E-state index contributed by atoms with van der Waals surface area (Å²) < 4.78 is 0. The van der Waals surface area contributed by atoms with Crippen molar-refractivity contribution in [3.8, 4) is 0 Å². The predicted octanol–water partition coefficient (Wildman–Crippen LogP) is 0.627. The maximum absolute atomic E-state index is 12.5. The van der Waals surface area contributed by atoms with Crippen molar-refractivity contribution < 1.29 is 9.59 Å². The van der Waals surface area contributed by atoms with Gasteiger partial charge in [-0.1, -0.05) is 13.3 Å². The van der Waals surface area contributed by atoms with E-state index >= 15 is 0 Å². The molecule has 7 heteroatoms. The number of hydrogen-bond acceptors (Lipinski definition) is 5. The van der Waals surface area contributed by atoms with Crippen LogP contribution >= 0.6 is 0 Å². The SMILES string of the molecule is CCCCN(C)c1nccc(C(=O)N2CCN(C=O)CC2)n1. The van der Waals surface area contributed by atoms with Gasteiger partial charge >= 0.3 is 0 Å². The normalized spacial score (nSPS) is 14.8. The van der Waals surface area contributed by atoms with Crippen molar-refractivity contribution in [3.05, 3.63) is 18.0 Å². The maximum Gasteiger partial charge on any atom is 0.272 e. The Bertz CT molecular complexity index is 514. The second kappa shape index (κ2) is 7.72. The van der Waals surface area contributed by atoms with Crippen LogP contribution in [0.25, 0.3) is 0 Å². The number of aromatic nitrogens is 2. The lowest BCUT2D eigenvalue weighted by Gasteiger charge is -2.32. The minimum atomic E-state index is -0.0990. The first-order valence-electron chi connectivity index (χ1n) is 7.68. The van der Waals surface area contributed by atoms with E-state index in [2.05, 4.69) is 16.9 Å². The van der Waals surface area contributed by atoms with Crippen molar-refractivity contribution in [3.63, 3.8) is 0 Å². The summed E-state index contributed by atoms with van der Waals surface area (Å²) >= 11 is 0. The summed E-state index contributed by atoms with van der Waals surface area (Å²) in [4.78, 5) is 37.2. The van der Waals surface area contributed by atoms with Crippen molar-refractivity contribution >= 4 is 18.3 Å². The van der Waals surface area contributed by atoms with Gasteiger partial charge in [0.1, 0.15) is 5.69 Å². The van der Waals surface area contributed by atoms with E-state index in [-0.39, 0.29) is 5.91 Å². The molecule has 1 aliphatic heterocycles. The Morgan fingerprint density at radius 3 is 2.73 bits per heavy atom. The van der Waals surface area contributed by atoms with Crippen molar-refractivity contribution in [1.82, 2.24) is 19.8 Å². The molecule has 0 aromatic carbocycles. The second-order valence-electron chi connectivity index (χ2n) is 5.45. The molecule has 1 aromatic heterocycles. The van der Waals surface area contributed by atoms with E-state index in [1.54, 1.807) is 22.1 Å². The minimum absolute atomic E-state index is 0.0990. The molecule has 2 heterocycles. The smallest absolute Gasteiger partial charge is 0.272 e. The number of carbonyl (C=O) groups excluding carboxylic acids is 2. The molecular formula is C15H23N5O2. The Morgan fingerprint density at radius 2 is 2.09 bits per heavy atom. The molecule has 1 aliphatic rings. The highest BCUT2D eigenvalue weighted by atomic mass is 16.2. The Morgan fingerprint density at radius 1 is 1.36 bits per heavy atom. The van der Waals surface area contributed by atoms with Crippen molar-refractivity contribution in [2.24, 2.45) is 0 Å². The lowest BCUT2D eigenvalue weighted by molar-refractivity contribution is -0.119. The highest BCUT2D eigenvalue weighted by Crippen LogP contribution is 2.10. The number of unbranched alkanes of at least 4 members (excludes halogenated alkanes) is 1. The number of piperazine rings is 1. The number of nitrogens with zero attached hydrogens (tertiary/aromatic N) is 5. The Hall–Kier alpha value is -2.18. The van der Waals surface area contributed by atoms with Gasteiger partial charge in [0.2, 0.25) is 12.4 Å². The van der Waals surface area contributed by atoms with Crippen LogP contribution in [0.5, 0.6) is 0 Å². The highest BCUT2D eigenvalue weighted by molar-refractivity contribution is 5.92. The van der Waals surface area contributed by atoms with Crippen LogP contribution in [-0.4, -0.2) is 71.9 Å². The predicted molar refractivity (Wildman–Crippen MR) is 83.8 cm³/mol. The highest BCUT2D eigenvalue weighted by Gasteiger charge is 2.22. The van der Waals surface area contributed by atoms with E-state index in [0.717, 1.165) is 25.8 Å². The van der Waals surface area contributed by atoms with Gasteiger partial charge in [0, 0.05) is 46.0 Å². The quantitative estimate of drug-likeness (QED) is 0.721. The number of hydrogen-bond donors (Lipinski definition) is 0. The average Bonchev–Trinajstić information content (AvgIpc) is 2.59. The van der Waals surface area contributed by atoms with Gasteiger partial charge in [0.15, 0.2) is 0 Å². The van der Waals surface area contributed by atoms with E-state index < -0.39 is 0 Å². The van der Waals surface area contributed by atoms with Crippen molar-refractivity contribution in [2.45, 2.75) is 19.8 Å². The molecule has 22 heavy (non-hydrogen) atoms. The molecule has 1 saturated heterocycles. The van der Waals surface area contributed by atoms with Gasteiger partial charge in [-0.3, -0.25) is 9.59 Å². The second-order valence-corrected chi connectivity index (χ2v) is 5.45. The zero-order valence-electron chi connectivity index (χ0n) is 13.2. The molecule has 0 radical (unpaired) electrons. The third kappa shape index (κ3) is 3.93. The van der Waals surface area contributed by atoms with Crippen LogP contribution < -0.4 is 4.90 Å². The molecule has 2 amide bonds. The Balaban J connectivity index is 2.02. The van der Waals surface area contributed by atoms with E-state index in [9.17, 15) is 9.59 Å². The summed E-state index contributed by atoms with van der Waals surface area (Å²) in [5, 5.41) is 0. The summed E-state index contributed by atoms with van der Waals surface area (Å²) in [7, 11) is 1.93. The standard InChI is InChI=1S/C15H23N5O2/c1-3-4-7-18(2)15-16-6-5-13(17-15)14(22)20-10-8-19(12-21)9-11-20/h5-6,12H,3-4,7-11H2,1-2H3. The lowest BCUT2D eigenvalue weighted by atomic mass is 10.3. The molecule has 0 saturated carbocycles. The third-order valence-electron chi connectivity index (χ3n) is 3.80. The van der Waals surface area contributed by atoms with Gasteiger partial charge < -0.3 is 14.7 Å². The summed E-state index contributed by atoms with van der Waals surface area (Å²) in [5.74, 6) is 0.476. The molecule has 1 fully saturated rings. The number of carbonyl (C=O) groups is 2. The summed E-state index contributed by atoms with van der Waals surface area (Å²) in [6.45, 7) is 5.23. The Labute approximate surface area is 130 Å². The molecule has 0 atom stereocenters. The first-order chi connectivity index (χ1) is 10.7. The topological polar surface area (TPSA) is 69.6 Å². The lowest BCUT2D eigenvalue weighted by Crippen LogP contribution is -2.48.